The molecule has 6 nitrogen and oxygen atoms in total. The number of rotatable bonds is 9. The summed E-state index contributed by atoms with van der Waals surface area (Å²) < 4.78 is 14.5. The van der Waals surface area contributed by atoms with Crippen LogP contribution < -0.4 is 15.5 Å². The van der Waals surface area contributed by atoms with E-state index in [4.69, 9.17) is 0 Å². The maximum absolute atomic E-state index is 14.5. The number of nitrogens with zero attached hydrogens (tertiary/aromatic N) is 4. The zero-order valence-electron chi connectivity index (χ0n) is 19.2. The van der Waals surface area contributed by atoms with E-state index in [1.165, 1.54) is 17.4 Å². The van der Waals surface area contributed by atoms with Crippen LogP contribution in [0.1, 0.15) is 38.7 Å². The Morgan fingerprint density at radius 1 is 1.19 bits per heavy atom. The first-order chi connectivity index (χ1) is 14.9. The van der Waals surface area contributed by atoms with E-state index < -0.39 is 5.82 Å². The van der Waals surface area contributed by atoms with Crippen LogP contribution in [-0.4, -0.2) is 53.6 Å². The van der Waals surface area contributed by atoms with E-state index >= 15 is 0 Å². The molecule has 0 saturated carbocycles. The molecule has 1 aliphatic heterocycles. The summed E-state index contributed by atoms with van der Waals surface area (Å²) in [6, 6.07) is 6.25. The van der Waals surface area contributed by atoms with Crippen LogP contribution in [0.15, 0.2) is 37.1 Å². The van der Waals surface area contributed by atoms with E-state index in [1.807, 2.05) is 12.1 Å². The Bertz CT molecular complexity index is 888. The SMILES string of the molecule is C=CCC(CC)(CC)Nc1nc(Nc2ccc(N3CCN(C)CC3)c(C)c2)ncc1F. The van der Waals surface area contributed by atoms with Gasteiger partial charge < -0.3 is 20.4 Å². The average molecular weight is 427 g/mol. The highest BCUT2D eigenvalue weighted by atomic mass is 19.1. The lowest BCUT2D eigenvalue weighted by molar-refractivity contribution is 0.312. The molecule has 0 amide bonds. The standard InChI is InChI=1S/C24H35FN6/c1-6-11-24(7-2,8-3)29-22-20(25)17-26-23(28-22)27-19-9-10-21(18(4)16-19)31-14-12-30(5)13-15-31/h6,9-10,16-17H,1,7-8,11-15H2,2-5H3,(H2,26,27,28,29). The van der Waals surface area contributed by atoms with Crippen molar-refractivity contribution in [1.82, 2.24) is 14.9 Å². The molecule has 31 heavy (non-hydrogen) atoms. The highest BCUT2D eigenvalue weighted by Crippen LogP contribution is 2.29. The molecule has 2 aromatic rings. The lowest BCUT2D eigenvalue weighted by atomic mass is 9.89. The van der Waals surface area contributed by atoms with E-state index in [0.717, 1.165) is 51.1 Å². The van der Waals surface area contributed by atoms with Crippen molar-refractivity contribution in [2.75, 3.05) is 48.8 Å². The predicted molar refractivity (Wildman–Crippen MR) is 128 cm³/mol. The first-order valence-electron chi connectivity index (χ1n) is 11.1. The fourth-order valence-electron chi connectivity index (χ4n) is 4.07. The van der Waals surface area contributed by atoms with Crippen molar-refractivity contribution < 1.29 is 4.39 Å². The number of nitrogens with one attached hydrogen (secondary N) is 2. The molecule has 2 N–H and O–H groups in total. The highest BCUT2D eigenvalue weighted by Gasteiger charge is 2.26. The number of aryl methyl sites for hydroxylation is 1. The normalized spacial score (nSPS) is 15.1. The van der Waals surface area contributed by atoms with Gasteiger partial charge in [0.2, 0.25) is 5.95 Å². The van der Waals surface area contributed by atoms with E-state index in [9.17, 15) is 4.39 Å². The van der Waals surface area contributed by atoms with Gasteiger partial charge in [0.05, 0.1) is 6.20 Å². The molecule has 0 spiro atoms. The molecule has 1 saturated heterocycles. The van der Waals surface area contributed by atoms with E-state index in [-0.39, 0.29) is 11.4 Å². The molecule has 1 aromatic heterocycles. The van der Waals surface area contributed by atoms with Crippen molar-refractivity contribution in [3.63, 3.8) is 0 Å². The van der Waals surface area contributed by atoms with E-state index in [1.54, 1.807) is 0 Å². The molecule has 0 unspecified atom stereocenters. The van der Waals surface area contributed by atoms with Gasteiger partial charge in [0, 0.05) is 43.1 Å². The van der Waals surface area contributed by atoms with Gasteiger partial charge in [0.1, 0.15) is 0 Å². The minimum atomic E-state index is -0.456. The Morgan fingerprint density at radius 2 is 1.90 bits per heavy atom. The smallest absolute Gasteiger partial charge is 0.229 e. The minimum absolute atomic E-state index is 0.217. The number of aromatic nitrogens is 2. The molecule has 7 heteroatoms. The Labute approximate surface area is 185 Å². The molecule has 1 fully saturated rings. The zero-order valence-corrected chi connectivity index (χ0v) is 19.2. The second-order valence-electron chi connectivity index (χ2n) is 8.41. The van der Waals surface area contributed by atoms with Crippen LogP contribution in [0.4, 0.5) is 27.5 Å². The van der Waals surface area contributed by atoms with Gasteiger partial charge in [-0.1, -0.05) is 19.9 Å². The first-order valence-corrected chi connectivity index (χ1v) is 11.1. The lowest BCUT2D eigenvalue weighted by Gasteiger charge is -2.35. The summed E-state index contributed by atoms with van der Waals surface area (Å²) >= 11 is 0. The fraction of sp³-hybridized carbons (Fsp3) is 0.500. The molecule has 168 valence electrons. The third-order valence-electron chi connectivity index (χ3n) is 6.31. The number of hydrogen-bond donors (Lipinski definition) is 2. The Morgan fingerprint density at radius 3 is 2.52 bits per heavy atom. The van der Waals surface area contributed by atoms with Gasteiger partial charge in [-0.05, 0) is 57.0 Å². The lowest BCUT2D eigenvalue weighted by Crippen LogP contribution is -2.44. The van der Waals surface area contributed by atoms with E-state index in [0.29, 0.717) is 5.95 Å². The molecule has 0 aliphatic carbocycles. The second kappa shape index (κ2) is 10.1. The van der Waals surface area contributed by atoms with Crippen LogP contribution in [0.2, 0.25) is 0 Å². The summed E-state index contributed by atoms with van der Waals surface area (Å²) in [5.41, 5.74) is 3.06. The van der Waals surface area contributed by atoms with Crippen LogP contribution in [0, 0.1) is 12.7 Å². The Kier molecular flexibility index (Phi) is 7.49. The summed E-state index contributed by atoms with van der Waals surface area (Å²) in [5, 5.41) is 6.53. The van der Waals surface area contributed by atoms with Crippen molar-refractivity contribution in [2.24, 2.45) is 0 Å². The number of anilines is 4. The van der Waals surface area contributed by atoms with Crippen LogP contribution >= 0.6 is 0 Å². The summed E-state index contributed by atoms with van der Waals surface area (Å²) in [5.74, 6) is 0.131. The van der Waals surface area contributed by atoms with Gasteiger partial charge in [0.25, 0.3) is 0 Å². The van der Waals surface area contributed by atoms with Crippen molar-refractivity contribution in [2.45, 2.75) is 45.6 Å². The monoisotopic (exact) mass is 426 g/mol. The average Bonchev–Trinajstić information content (AvgIpc) is 2.76. The van der Waals surface area contributed by atoms with Crippen molar-refractivity contribution in [3.8, 4) is 0 Å². The molecule has 0 radical (unpaired) electrons. The molecule has 1 aliphatic rings. The maximum atomic E-state index is 14.5. The zero-order chi connectivity index (χ0) is 22.4. The number of piperazine rings is 1. The van der Waals surface area contributed by atoms with Crippen LogP contribution in [0.3, 0.4) is 0 Å². The Hall–Kier alpha value is -2.67. The third kappa shape index (κ3) is 5.53. The molecule has 0 bridgehead atoms. The van der Waals surface area contributed by atoms with E-state index in [2.05, 4.69) is 76.9 Å². The Balaban J connectivity index is 1.76. The molecule has 2 heterocycles. The second-order valence-corrected chi connectivity index (χ2v) is 8.41. The summed E-state index contributed by atoms with van der Waals surface area (Å²) in [6.45, 7) is 14.3. The van der Waals surface area contributed by atoms with Gasteiger partial charge >= 0.3 is 0 Å². The van der Waals surface area contributed by atoms with Crippen LogP contribution in [-0.2, 0) is 0 Å². The molecule has 3 rings (SSSR count). The van der Waals surface area contributed by atoms with Crippen LogP contribution in [0.25, 0.3) is 0 Å². The van der Waals surface area contributed by atoms with Crippen LogP contribution in [0.5, 0.6) is 0 Å². The number of halogens is 1. The number of benzene rings is 1. The van der Waals surface area contributed by atoms with Crippen molar-refractivity contribution in [3.05, 3.63) is 48.4 Å². The van der Waals surface area contributed by atoms with Gasteiger partial charge in [-0.15, -0.1) is 6.58 Å². The van der Waals surface area contributed by atoms with Gasteiger partial charge in [-0.2, -0.15) is 4.98 Å². The van der Waals surface area contributed by atoms with Gasteiger partial charge in [-0.25, -0.2) is 9.37 Å². The highest BCUT2D eigenvalue weighted by molar-refractivity contribution is 5.64. The predicted octanol–water partition coefficient (Wildman–Crippen LogP) is 4.97. The number of hydrogen-bond acceptors (Lipinski definition) is 6. The number of likely N-dealkylation sites (N-methyl/N-ethyl adjacent to an activating group) is 1. The van der Waals surface area contributed by atoms with Gasteiger partial charge in [-0.3, -0.25) is 0 Å². The topological polar surface area (TPSA) is 56.3 Å². The summed E-state index contributed by atoms with van der Waals surface area (Å²) in [4.78, 5) is 13.3. The van der Waals surface area contributed by atoms with Crippen molar-refractivity contribution >= 4 is 23.1 Å². The molecule has 0 atom stereocenters. The maximum Gasteiger partial charge on any atom is 0.229 e. The third-order valence-corrected chi connectivity index (χ3v) is 6.31. The molecular weight excluding hydrogens is 391 g/mol. The van der Waals surface area contributed by atoms with Gasteiger partial charge in [0.15, 0.2) is 11.6 Å². The van der Waals surface area contributed by atoms with Crippen molar-refractivity contribution in [1.29, 1.82) is 0 Å². The molecule has 1 aromatic carbocycles. The minimum Gasteiger partial charge on any atom is -0.369 e. The first kappa shape index (κ1) is 23.0. The summed E-state index contributed by atoms with van der Waals surface area (Å²) in [6.07, 6.45) is 5.50. The summed E-state index contributed by atoms with van der Waals surface area (Å²) in [7, 11) is 2.16. The molecular formula is C24H35FN6. The quantitative estimate of drug-likeness (QED) is 0.553. The largest absolute Gasteiger partial charge is 0.369 e. The fourth-order valence-corrected chi connectivity index (χ4v) is 4.07.